The molecule has 4 aromatic rings. The third-order valence-corrected chi connectivity index (χ3v) is 7.86. The number of carbonyl (C=O) groups is 1. The molecule has 202 valence electrons. The van der Waals surface area contributed by atoms with Gasteiger partial charge in [-0.15, -0.1) is 0 Å². The maximum absolute atomic E-state index is 14.7. The van der Waals surface area contributed by atoms with Crippen molar-refractivity contribution in [3.8, 4) is 11.4 Å². The van der Waals surface area contributed by atoms with Crippen LogP contribution < -0.4 is 15.5 Å². The number of aromatic nitrogens is 3. The van der Waals surface area contributed by atoms with E-state index in [-0.39, 0.29) is 18.5 Å². The number of piperazine rings is 1. The van der Waals surface area contributed by atoms with Crippen molar-refractivity contribution in [2.45, 2.75) is 32.9 Å². The number of fused-ring (bicyclic) bond motifs is 2. The zero-order chi connectivity index (χ0) is 27.3. The molecule has 1 fully saturated rings. The second-order valence-corrected chi connectivity index (χ2v) is 10.5. The fourth-order valence-corrected chi connectivity index (χ4v) is 5.89. The van der Waals surface area contributed by atoms with Crippen molar-refractivity contribution in [1.82, 2.24) is 19.9 Å². The molecular formula is C29H31F2N7O. The fraction of sp³-hybridized carbons (Fsp3) is 0.345. The van der Waals surface area contributed by atoms with E-state index < -0.39 is 11.6 Å². The number of nitrogens with zero attached hydrogens (tertiary/aromatic N) is 5. The van der Waals surface area contributed by atoms with E-state index in [0.29, 0.717) is 50.7 Å². The molecule has 8 nitrogen and oxygen atoms in total. The minimum atomic E-state index is -0.598. The smallest absolute Gasteiger partial charge is 0.231 e. The Bertz CT molecular complexity index is 1570. The third-order valence-electron chi connectivity index (χ3n) is 7.86. The number of rotatable bonds is 5. The maximum atomic E-state index is 14.7. The SMILES string of the molecule is Cc1c[nH]c2cccc(-c3nc4c(c(N5CCN(CC(N)=O)C(C)C5)n3)CN(c3ccc(F)cc3F)CC4)c12. The Morgan fingerprint density at radius 2 is 1.97 bits per heavy atom. The van der Waals surface area contributed by atoms with E-state index in [1.54, 1.807) is 0 Å². The molecule has 1 saturated heterocycles. The number of anilines is 2. The summed E-state index contributed by atoms with van der Waals surface area (Å²) in [6.07, 6.45) is 2.59. The summed E-state index contributed by atoms with van der Waals surface area (Å²) < 4.78 is 28.3. The second-order valence-electron chi connectivity index (χ2n) is 10.5. The molecule has 39 heavy (non-hydrogen) atoms. The quantitative estimate of drug-likeness (QED) is 0.407. The summed E-state index contributed by atoms with van der Waals surface area (Å²) in [5.41, 5.74) is 10.8. The first-order valence-corrected chi connectivity index (χ1v) is 13.2. The molecule has 2 aromatic heterocycles. The minimum absolute atomic E-state index is 0.0879. The Labute approximate surface area is 225 Å². The van der Waals surface area contributed by atoms with E-state index >= 15 is 0 Å². The number of halogens is 2. The van der Waals surface area contributed by atoms with E-state index in [2.05, 4.69) is 28.6 Å². The summed E-state index contributed by atoms with van der Waals surface area (Å²) in [7, 11) is 0. The first-order chi connectivity index (χ1) is 18.8. The number of benzene rings is 2. The normalized spacial score (nSPS) is 18.0. The minimum Gasteiger partial charge on any atom is -0.369 e. The van der Waals surface area contributed by atoms with Crippen molar-refractivity contribution in [3.05, 3.63) is 71.1 Å². The number of aryl methyl sites for hydroxylation is 1. The predicted molar refractivity (Wildman–Crippen MR) is 148 cm³/mol. The van der Waals surface area contributed by atoms with Crippen molar-refractivity contribution in [1.29, 1.82) is 0 Å². The van der Waals surface area contributed by atoms with Gasteiger partial charge in [-0.25, -0.2) is 18.7 Å². The average molecular weight is 532 g/mol. The fourth-order valence-electron chi connectivity index (χ4n) is 5.89. The van der Waals surface area contributed by atoms with Crippen LogP contribution in [-0.2, 0) is 17.8 Å². The number of hydrogen-bond acceptors (Lipinski definition) is 6. The highest BCUT2D eigenvalue weighted by molar-refractivity contribution is 5.96. The van der Waals surface area contributed by atoms with E-state index in [1.165, 1.54) is 12.1 Å². The lowest BCUT2D eigenvalue weighted by molar-refractivity contribution is -0.119. The predicted octanol–water partition coefficient (Wildman–Crippen LogP) is 3.77. The molecule has 0 bridgehead atoms. The monoisotopic (exact) mass is 531 g/mol. The van der Waals surface area contributed by atoms with E-state index in [9.17, 15) is 13.6 Å². The number of hydrogen-bond donors (Lipinski definition) is 2. The van der Waals surface area contributed by atoms with Gasteiger partial charge in [-0.2, -0.15) is 0 Å². The summed E-state index contributed by atoms with van der Waals surface area (Å²) in [4.78, 5) is 31.3. The number of nitrogens with one attached hydrogen (secondary N) is 1. The van der Waals surface area contributed by atoms with Crippen LogP contribution in [0.4, 0.5) is 20.3 Å². The Morgan fingerprint density at radius 3 is 2.74 bits per heavy atom. The summed E-state index contributed by atoms with van der Waals surface area (Å²) >= 11 is 0. The zero-order valence-electron chi connectivity index (χ0n) is 22.0. The summed E-state index contributed by atoms with van der Waals surface area (Å²) in [5.74, 6) is -0.0483. The Kier molecular flexibility index (Phi) is 6.42. The largest absolute Gasteiger partial charge is 0.369 e. The first-order valence-electron chi connectivity index (χ1n) is 13.2. The zero-order valence-corrected chi connectivity index (χ0v) is 22.0. The molecule has 10 heteroatoms. The van der Waals surface area contributed by atoms with Crippen LogP contribution >= 0.6 is 0 Å². The Morgan fingerprint density at radius 1 is 1.13 bits per heavy atom. The van der Waals surface area contributed by atoms with Gasteiger partial charge in [0, 0.05) is 79.5 Å². The highest BCUT2D eigenvalue weighted by Crippen LogP contribution is 2.36. The van der Waals surface area contributed by atoms with Crippen LogP contribution in [0, 0.1) is 18.6 Å². The van der Waals surface area contributed by atoms with Gasteiger partial charge in [-0.05, 0) is 37.6 Å². The van der Waals surface area contributed by atoms with Gasteiger partial charge in [0.15, 0.2) is 5.82 Å². The first kappa shape index (κ1) is 25.2. The lowest BCUT2D eigenvalue weighted by Gasteiger charge is -2.41. The molecule has 0 saturated carbocycles. The van der Waals surface area contributed by atoms with Gasteiger partial charge in [0.2, 0.25) is 5.91 Å². The lowest BCUT2D eigenvalue weighted by Crippen LogP contribution is -2.54. The molecule has 1 amide bonds. The van der Waals surface area contributed by atoms with Crippen molar-refractivity contribution < 1.29 is 13.6 Å². The molecule has 3 N–H and O–H groups in total. The summed E-state index contributed by atoms with van der Waals surface area (Å²) in [5, 5.41) is 1.09. The van der Waals surface area contributed by atoms with Gasteiger partial charge in [0.25, 0.3) is 0 Å². The number of aromatic amines is 1. The van der Waals surface area contributed by atoms with Crippen molar-refractivity contribution in [3.63, 3.8) is 0 Å². The van der Waals surface area contributed by atoms with Crippen LogP contribution in [-0.4, -0.2) is 64.5 Å². The maximum Gasteiger partial charge on any atom is 0.231 e. The van der Waals surface area contributed by atoms with E-state index in [0.717, 1.165) is 45.2 Å². The molecule has 2 aliphatic rings. The van der Waals surface area contributed by atoms with Crippen LogP contribution in [0.2, 0.25) is 0 Å². The van der Waals surface area contributed by atoms with Crippen LogP contribution in [0.5, 0.6) is 0 Å². The van der Waals surface area contributed by atoms with Crippen molar-refractivity contribution >= 4 is 28.3 Å². The molecular weight excluding hydrogens is 500 g/mol. The molecule has 1 atom stereocenters. The molecule has 4 heterocycles. The van der Waals surface area contributed by atoms with Gasteiger partial charge < -0.3 is 20.5 Å². The molecule has 0 aliphatic carbocycles. The van der Waals surface area contributed by atoms with Gasteiger partial charge in [0.05, 0.1) is 17.9 Å². The Hall–Kier alpha value is -4.05. The lowest BCUT2D eigenvalue weighted by atomic mass is 10.0. The topological polar surface area (TPSA) is 94.4 Å². The average Bonchev–Trinajstić information content (AvgIpc) is 3.29. The van der Waals surface area contributed by atoms with Gasteiger partial charge in [0.1, 0.15) is 17.5 Å². The van der Waals surface area contributed by atoms with E-state index in [1.807, 2.05) is 29.3 Å². The number of amides is 1. The number of carbonyl (C=O) groups excluding carboxylic acids is 1. The highest BCUT2D eigenvalue weighted by Gasteiger charge is 2.31. The molecule has 0 spiro atoms. The van der Waals surface area contributed by atoms with Crippen LogP contribution in [0.15, 0.2) is 42.6 Å². The molecule has 2 aromatic carbocycles. The van der Waals surface area contributed by atoms with Crippen LogP contribution in [0.25, 0.3) is 22.3 Å². The molecule has 0 radical (unpaired) electrons. The van der Waals surface area contributed by atoms with Crippen molar-refractivity contribution in [2.24, 2.45) is 5.73 Å². The van der Waals surface area contributed by atoms with Gasteiger partial charge >= 0.3 is 0 Å². The van der Waals surface area contributed by atoms with Crippen LogP contribution in [0.3, 0.4) is 0 Å². The molecule has 2 aliphatic heterocycles. The van der Waals surface area contributed by atoms with Crippen LogP contribution in [0.1, 0.15) is 23.7 Å². The van der Waals surface area contributed by atoms with Gasteiger partial charge in [-0.1, -0.05) is 12.1 Å². The van der Waals surface area contributed by atoms with Crippen molar-refractivity contribution in [2.75, 3.05) is 42.5 Å². The Balaban J connectivity index is 1.43. The van der Waals surface area contributed by atoms with E-state index in [4.69, 9.17) is 15.7 Å². The van der Waals surface area contributed by atoms with Gasteiger partial charge in [-0.3, -0.25) is 9.69 Å². The number of H-pyrrole nitrogens is 1. The summed E-state index contributed by atoms with van der Waals surface area (Å²) in [6.45, 7) is 7.32. The summed E-state index contributed by atoms with van der Waals surface area (Å²) in [6, 6.07) is 9.87. The number of primary amides is 1. The molecule has 1 unspecified atom stereocenters. The standard InChI is InChI=1S/C29H31F2N7O/c1-17-13-33-24-5-3-4-20(27(17)24)28-34-23-8-9-37(25-7-6-19(30)12-22(25)31)15-21(23)29(35-28)38-11-10-36(16-26(32)39)18(2)14-38/h3-7,12-13,18,33H,8-11,14-16H2,1-2H3,(H2,32,39). The third kappa shape index (κ3) is 4.69. The second kappa shape index (κ2) is 9.92. The highest BCUT2D eigenvalue weighted by atomic mass is 19.1. The number of nitrogens with two attached hydrogens (primary N) is 1. The molecule has 6 rings (SSSR count).